The molecule has 1 rings (SSSR count). The summed E-state index contributed by atoms with van der Waals surface area (Å²) in [7, 11) is 1.52. The van der Waals surface area contributed by atoms with E-state index in [1.165, 1.54) is 19.2 Å². The summed E-state index contributed by atoms with van der Waals surface area (Å²) in [5, 5.41) is 0. The first kappa shape index (κ1) is 11.1. The van der Waals surface area contributed by atoms with Gasteiger partial charge in [0.1, 0.15) is 11.6 Å². The lowest BCUT2D eigenvalue weighted by atomic mass is 9.99. The van der Waals surface area contributed by atoms with E-state index in [1.807, 2.05) is 0 Å². The summed E-state index contributed by atoms with van der Waals surface area (Å²) >= 11 is 0. The molecule has 2 N–H and O–H groups in total. The monoisotopic (exact) mass is 201 g/mol. The third-order valence-electron chi connectivity index (χ3n) is 2.05. The van der Waals surface area contributed by atoms with E-state index in [4.69, 9.17) is 10.5 Å². The maximum absolute atomic E-state index is 13.3. The van der Waals surface area contributed by atoms with Crippen molar-refractivity contribution in [1.82, 2.24) is 0 Å². The Bertz CT molecular complexity index is 304. The van der Waals surface area contributed by atoms with E-state index in [1.54, 1.807) is 0 Å². The van der Waals surface area contributed by atoms with Crippen LogP contribution in [0.4, 0.5) is 8.78 Å². The minimum absolute atomic E-state index is 0.222. The quantitative estimate of drug-likeness (QED) is 0.804. The van der Waals surface area contributed by atoms with Crippen molar-refractivity contribution >= 4 is 0 Å². The molecule has 0 aromatic heterocycles. The van der Waals surface area contributed by atoms with Gasteiger partial charge >= 0.3 is 0 Å². The molecule has 0 aliphatic heterocycles. The van der Waals surface area contributed by atoms with Crippen molar-refractivity contribution in [2.45, 2.75) is 5.92 Å². The SMILES string of the molecule is COCC(CN)c1ccc(F)cc1F. The van der Waals surface area contributed by atoms with Crippen molar-refractivity contribution in [1.29, 1.82) is 0 Å². The van der Waals surface area contributed by atoms with Crippen LogP contribution in [0.15, 0.2) is 18.2 Å². The Kier molecular flexibility index (Phi) is 3.98. The second kappa shape index (κ2) is 5.02. The summed E-state index contributed by atoms with van der Waals surface area (Å²) in [4.78, 5) is 0. The lowest BCUT2D eigenvalue weighted by Crippen LogP contribution is -2.18. The van der Waals surface area contributed by atoms with Gasteiger partial charge in [0.05, 0.1) is 6.61 Å². The van der Waals surface area contributed by atoms with Crippen LogP contribution in [0.25, 0.3) is 0 Å². The van der Waals surface area contributed by atoms with Crippen LogP contribution < -0.4 is 5.73 Å². The summed E-state index contributed by atoms with van der Waals surface area (Å²) < 4.78 is 30.8. The Morgan fingerprint density at radius 2 is 2.14 bits per heavy atom. The molecule has 0 amide bonds. The van der Waals surface area contributed by atoms with E-state index in [0.717, 1.165) is 6.07 Å². The van der Waals surface area contributed by atoms with Gasteiger partial charge in [0.25, 0.3) is 0 Å². The van der Waals surface area contributed by atoms with Gasteiger partial charge in [-0.1, -0.05) is 6.07 Å². The molecule has 1 aromatic carbocycles. The van der Waals surface area contributed by atoms with Crippen LogP contribution >= 0.6 is 0 Å². The summed E-state index contributed by atoms with van der Waals surface area (Å²) in [6, 6.07) is 3.48. The molecule has 0 spiro atoms. The maximum atomic E-state index is 13.3. The largest absolute Gasteiger partial charge is 0.384 e. The van der Waals surface area contributed by atoms with Crippen molar-refractivity contribution in [2.75, 3.05) is 20.3 Å². The minimum Gasteiger partial charge on any atom is -0.384 e. The molecule has 0 fully saturated rings. The smallest absolute Gasteiger partial charge is 0.129 e. The second-order valence-electron chi connectivity index (χ2n) is 3.05. The molecular formula is C10H13F2NO. The van der Waals surface area contributed by atoms with Gasteiger partial charge in [-0.2, -0.15) is 0 Å². The summed E-state index contributed by atoms with van der Waals surface area (Å²) in [5.41, 5.74) is 5.86. The Hall–Kier alpha value is -1.00. The zero-order chi connectivity index (χ0) is 10.6. The molecule has 0 bridgehead atoms. The molecule has 78 valence electrons. The molecule has 0 radical (unpaired) electrons. The minimum atomic E-state index is -0.584. The van der Waals surface area contributed by atoms with Crippen molar-refractivity contribution in [2.24, 2.45) is 5.73 Å². The molecule has 4 heteroatoms. The van der Waals surface area contributed by atoms with Crippen molar-refractivity contribution < 1.29 is 13.5 Å². The summed E-state index contributed by atoms with van der Waals surface area (Å²) in [5.74, 6) is -1.38. The highest BCUT2D eigenvalue weighted by molar-refractivity contribution is 5.23. The predicted octanol–water partition coefficient (Wildman–Crippen LogP) is 1.65. The number of ether oxygens (including phenoxy) is 1. The van der Waals surface area contributed by atoms with Crippen LogP contribution in [0.5, 0.6) is 0 Å². The molecular weight excluding hydrogens is 188 g/mol. The van der Waals surface area contributed by atoms with Gasteiger partial charge < -0.3 is 10.5 Å². The fourth-order valence-electron chi connectivity index (χ4n) is 1.32. The normalized spacial score (nSPS) is 12.9. The molecule has 0 saturated carbocycles. The number of methoxy groups -OCH3 is 1. The average molecular weight is 201 g/mol. The third kappa shape index (κ3) is 2.49. The Morgan fingerprint density at radius 1 is 1.43 bits per heavy atom. The molecule has 0 aliphatic rings. The van der Waals surface area contributed by atoms with Gasteiger partial charge in [-0.15, -0.1) is 0 Å². The molecule has 0 heterocycles. The lowest BCUT2D eigenvalue weighted by molar-refractivity contribution is 0.179. The highest BCUT2D eigenvalue weighted by Gasteiger charge is 2.14. The molecule has 2 nitrogen and oxygen atoms in total. The highest BCUT2D eigenvalue weighted by Crippen LogP contribution is 2.19. The topological polar surface area (TPSA) is 35.2 Å². The predicted molar refractivity (Wildman–Crippen MR) is 50.0 cm³/mol. The fourth-order valence-corrected chi connectivity index (χ4v) is 1.32. The van der Waals surface area contributed by atoms with E-state index >= 15 is 0 Å². The highest BCUT2D eigenvalue weighted by atomic mass is 19.1. The van der Waals surface area contributed by atoms with E-state index in [0.29, 0.717) is 12.2 Å². The van der Waals surface area contributed by atoms with Crippen molar-refractivity contribution in [3.05, 3.63) is 35.4 Å². The Labute approximate surface area is 81.7 Å². The molecule has 0 aliphatic carbocycles. The first-order valence-electron chi connectivity index (χ1n) is 4.33. The standard InChI is InChI=1S/C10H13F2NO/c1-14-6-7(5-13)9-3-2-8(11)4-10(9)12/h2-4,7H,5-6,13H2,1H3. The number of halogens is 2. The van der Waals surface area contributed by atoms with Crippen LogP contribution in [-0.4, -0.2) is 20.3 Å². The zero-order valence-electron chi connectivity index (χ0n) is 7.97. The van der Waals surface area contributed by atoms with Gasteiger partial charge in [-0.25, -0.2) is 8.78 Å². The van der Waals surface area contributed by atoms with E-state index in [9.17, 15) is 8.78 Å². The Balaban J connectivity index is 2.92. The first-order chi connectivity index (χ1) is 6.69. The number of rotatable bonds is 4. The molecule has 0 saturated heterocycles. The van der Waals surface area contributed by atoms with E-state index in [-0.39, 0.29) is 12.5 Å². The van der Waals surface area contributed by atoms with Crippen molar-refractivity contribution in [3.8, 4) is 0 Å². The molecule has 1 unspecified atom stereocenters. The molecule has 1 atom stereocenters. The first-order valence-corrected chi connectivity index (χ1v) is 4.33. The van der Waals surface area contributed by atoms with Gasteiger partial charge in [0.2, 0.25) is 0 Å². The molecule has 1 aromatic rings. The van der Waals surface area contributed by atoms with Crippen LogP contribution in [0.2, 0.25) is 0 Å². The van der Waals surface area contributed by atoms with Crippen LogP contribution in [0.3, 0.4) is 0 Å². The zero-order valence-corrected chi connectivity index (χ0v) is 7.97. The van der Waals surface area contributed by atoms with Gasteiger partial charge in [0.15, 0.2) is 0 Å². The number of nitrogens with two attached hydrogens (primary N) is 1. The molecule has 14 heavy (non-hydrogen) atoms. The number of hydrogen-bond acceptors (Lipinski definition) is 2. The number of benzene rings is 1. The van der Waals surface area contributed by atoms with Crippen molar-refractivity contribution in [3.63, 3.8) is 0 Å². The van der Waals surface area contributed by atoms with Gasteiger partial charge in [-0.3, -0.25) is 0 Å². The van der Waals surface area contributed by atoms with E-state index in [2.05, 4.69) is 0 Å². The van der Waals surface area contributed by atoms with E-state index < -0.39 is 11.6 Å². The Morgan fingerprint density at radius 3 is 2.64 bits per heavy atom. The summed E-state index contributed by atoms with van der Waals surface area (Å²) in [6.07, 6.45) is 0. The van der Waals surface area contributed by atoms with Crippen LogP contribution in [-0.2, 0) is 4.74 Å². The lowest BCUT2D eigenvalue weighted by Gasteiger charge is -2.14. The second-order valence-corrected chi connectivity index (χ2v) is 3.05. The third-order valence-corrected chi connectivity index (χ3v) is 2.05. The number of hydrogen-bond donors (Lipinski definition) is 1. The summed E-state index contributed by atoms with van der Waals surface area (Å²) in [6.45, 7) is 0.607. The maximum Gasteiger partial charge on any atom is 0.129 e. The van der Waals surface area contributed by atoms with Crippen LogP contribution in [0.1, 0.15) is 11.5 Å². The van der Waals surface area contributed by atoms with Gasteiger partial charge in [0, 0.05) is 25.6 Å². The van der Waals surface area contributed by atoms with Crippen LogP contribution in [0, 0.1) is 11.6 Å². The fraction of sp³-hybridized carbons (Fsp3) is 0.400. The average Bonchev–Trinajstić information content (AvgIpc) is 2.15. The van der Waals surface area contributed by atoms with Gasteiger partial charge in [-0.05, 0) is 11.6 Å².